The number of carbonyl (C=O) groups is 1. The second-order valence-electron chi connectivity index (χ2n) is 4.08. The van der Waals surface area contributed by atoms with Gasteiger partial charge in [0.2, 0.25) is 5.91 Å². The highest BCUT2D eigenvalue weighted by atomic mass is 16.2. The van der Waals surface area contributed by atoms with Gasteiger partial charge in [-0.15, -0.1) is 0 Å². The fraction of sp³-hybridized carbons (Fsp3) is 0.417. The van der Waals surface area contributed by atoms with Gasteiger partial charge in [0.15, 0.2) is 0 Å². The molecular formula is C12H16N2O. The molecule has 0 saturated heterocycles. The van der Waals surface area contributed by atoms with Crippen molar-refractivity contribution in [1.29, 1.82) is 0 Å². The molecule has 1 heterocycles. The van der Waals surface area contributed by atoms with E-state index in [1.54, 1.807) is 4.90 Å². The quantitative estimate of drug-likeness (QED) is 0.752. The summed E-state index contributed by atoms with van der Waals surface area (Å²) in [6, 6.07) is 3.96. The molecule has 0 spiro atoms. The molecule has 0 fully saturated rings. The van der Waals surface area contributed by atoms with Gasteiger partial charge in [-0.3, -0.25) is 4.79 Å². The highest BCUT2D eigenvalue weighted by Crippen LogP contribution is 2.39. The molecule has 0 aromatic heterocycles. The van der Waals surface area contributed by atoms with E-state index >= 15 is 0 Å². The summed E-state index contributed by atoms with van der Waals surface area (Å²) in [4.78, 5) is 13.7. The van der Waals surface area contributed by atoms with Crippen LogP contribution < -0.4 is 10.2 Å². The van der Waals surface area contributed by atoms with E-state index in [-0.39, 0.29) is 11.9 Å². The molecule has 1 aromatic rings. The molecule has 1 aliphatic rings. The van der Waals surface area contributed by atoms with Crippen molar-refractivity contribution in [3.8, 4) is 0 Å². The van der Waals surface area contributed by atoms with Crippen LogP contribution in [0.3, 0.4) is 0 Å². The molecule has 1 N–H and O–H groups in total. The molecule has 1 aromatic carbocycles. The third-order valence-corrected chi connectivity index (χ3v) is 3.13. The van der Waals surface area contributed by atoms with Crippen LogP contribution in [0.25, 0.3) is 0 Å². The molecule has 1 unspecified atom stereocenters. The molecule has 3 nitrogen and oxygen atoms in total. The molecule has 0 bridgehead atoms. The van der Waals surface area contributed by atoms with Crippen LogP contribution in [-0.4, -0.2) is 20.0 Å². The molecule has 0 aliphatic carbocycles. The highest BCUT2D eigenvalue weighted by molar-refractivity contribution is 6.05. The molecule has 1 aliphatic heterocycles. The summed E-state index contributed by atoms with van der Waals surface area (Å²) in [7, 11) is 3.66. The third-order valence-electron chi connectivity index (χ3n) is 3.13. The summed E-state index contributed by atoms with van der Waals surface area (Å²) in [5.41, 5.74) is 4.53. The van der Waals surface area contributed by atoms with Crippen LogP contribution >= 0.6 is 0 Å². The maximum absolute atomic E-state index is 12.0. The van der Waals surface area contributed by atoms with Crippen LogP contribution in [0.1, 0.15) is 22.7 Å². The Balaban J connectivity index is 2.69. The summed E-state index contributed by atoms with van der Waals surface area (Å²) in [6.07, 6.45) is 0. The first-order chi connectivity index (χ1) is 7.07. The van der Waals surface area contributed by atoms with Gasteiger partial charge in [0, 0.05) is 12.6 Å². The lowest BCUT2D eigenvalue weighted by atomic mass is 9.99. The number of aryl methyl sites for hydroxylation is 2. The zero-order valence-electron chi connectivity index (χ0n) is 9.59. The molecule has 15 heavy (non-hydrogen) atoms. The topological polar surface area (TPSA) is 32.3 Å². The number of nitrogens with zero attached hydrogens (tertiary/aromatic N) is 1. The number of likely N-dealkylation sites (N-methyl/N-ethyl adjacent to an activating group) is 2. The zero-order chi connectivity index (χ0) is 11.2. The third kappa shape index (κ3) is 1.27. The van der Waals surface area contributed by atoms with Gasteiger partial charge in [-0.05, 0) is 32.0 Å². The van der Waals surface area contributed by atoms with Gasteiger partial charge in [0.25, 0.3) is 0 Å². The maximum Gasteiger partial charge on any atom is 0.248 e. The van der Waals surface area contributed by atoms with Crippen LogP contribution in [0, 0.1) is 13.8 Å². The molecule has 0 saturated carbocycles. The van der Waals surface area contributed by atoms with Crippen LogP contribution in [0.2, 0.25) is 0 Å². The number of hydrogen-bond acceptors (Lipinski definition) is 2. The van der Waals surface area contributed by atoms with Gasteiger partial charge in [0.1, 0.15) is 6.04 Å². The van der Waals surface area contributed by atoms with Crippen molar-refractivity contribution in [2.45, 2.75) is 19.9 Å². The molecule has 80 valence electrons. The first-order valence-electron chi connectivity index (χ1n) is 5.13. The number of amides is 1. The standard InChI is InChI=1S/C12H16N2O/c1-7-5-6-8(2)11-9(7)10(13-3)12(15)14(11)4/h5-6,10,13H,1-4H3. The summed E-state index contributed by atoms with van der Waals surface area (Å²) in [5.74, 6) is 0.130. The monoisotopic (exact) mass is 204 g/mol. The van der Waals surface area contributed by atoms with Crippen molar-refractivity contribution in [2.75, 3.05) is 19.0 Å². The van der Waals surface area contributed by atoms with Gasteiger partial charge >= 0.3 is 0 Å². The van der Waals surface area contributed by atoms with Crippen LogP contribution in [0.4, 0.5) is 5.69 Å². The Labute approximate surface area is 90.1 Å². The Morgan fingerprint density at radius 2 is 1.87 bits per heavy atom. The van der Waals surface area contributed by atoms with E-state index in [2.05, 4.69) is 24.4 Å². The fourth-order valence-corrected chi connectivity index (χ4v) is 2.32. The summed E-state index contributed by atoms with van der Waals surface area (Å²) >= 11 is 0. The number of carbonyl (C=O) groups excluding carboxylic acids is 1. The molecule has 1 atom stereocenters. The molecule has 3 heteroatoms. The van der Waals surface area contributed by atoms with E-state index in [0.29, 0.717) is 0 Å². The predicted molar refractivity (Wildman–Crippen MR) is 61.1 cm³/mol. The number of anilines is 1. The van der Waals surface area contributed by atoms with Crippen molar-refractivity contribution in [3.63, 3.8) is 0 Å². The van der Waals surface area contributed by atoms with Crippen molar-refractivity contribution in [3.05, 3.63) is 28.8 Å². The lowest BCUT2D eigenvalue weighted by Gasteiger charge is -2.13. The van der Waals surface area contributed by atoms with Gasteiger partial charge < -0.3 is 10.2 Å². The first kappa shape index (κ1) is 10.2. The summed E-state index contributed by atoms with van der Waals surface area (Å²) in [5, 5.41) is 3.08. The smallest absolute Gasteiger partial charge is 0.248 e. The van der Waals surface area contributed by atoms with Crippen molar-refractivity contribution >= 4 is 11.6 Å². The molecule has 2 rings (SSSR count). The Kier molecular flexibility index (Phi) is 2.27. The minimum atomic E-state index is -0.176. The summed E-state index contributed by atoms with van der Waals surface area (Å²) in [6.45, 7) is 4.09. The second kappa shape index (κ2) is 3.35. The van der Waals surface area contributed by atoms with E-state index in [1.807, 2.05) is 21.0 Å². The normalized spacial score (nSPS) is 19.6. The first-order valence-corrected chi connectivity index (χ1v) is 5.13. The molecule has 1 amide bonds. The number of benzene rings is 1. The van der Waals surface area contributed by atoms with Crippen LogP contribution in [-0.2, 0) is 4.79 Å². The average molecular weight is 204 g/mol. The van der Waals surface area contributed by atoms with E-state index in [1.165, 1.54) is 5.56 Å². The maximum atomic E-state index is 12.0. The van der Waals surface area contributed by atoms with E-state index in [4.69, 9.17) is 0 Å². The Hall–Kier alpha value is -1.35. The largest absolute Gasteiger partial charge is 0.313 e. The molecule has 0 radical (unpaired) electrons. The lowest BCUT2D eigenvalue weighted by molar-refractivity contribution is -0.119. The van der Waals surface area contributed by atoms with Crippen molar-refractivity contribution in [2.24, 2.45) is 0 Å². The average Bonchev–Trinajstić information content (AvgIpc) is 2.47. The van der Waals surface area contributed by atoms with Crippen LogP contribution in [0.5, 0.6) is 0 Å². The van der Waals surface area contributed by atoms with E-state index in [9.17, 15) is 4.79 Å². The number of nitrogens with one attached hydrogen (secondary N) is 1. The zero-order valence-corrected chi connectivity index (χ0v) is 9.59. The van der Waals surface area contributed by atoms with Crippen LogP contribution in [0.15, 0.2) is 12.1 Å². The Bertz CT molecular complexity index is 426. The highest BCUT2D eigenvalue weighted by Gasteiger charge is 2.36. The van der Waals surface area contributed by atoms with E-state index < -0.39 is 0 Å². The van der Waals surface area contributed by atoms with Gasteiger partial charge in [0.05, 0.1) is 5.69 Å². The van der Waals surface area contributed by atoms with Crippen molar-refractivity contribution < 1.29 is 4.79 Å². The number of rotatable bonds is 1. The summed E-state index contributed by atoms with van der Waals surface area (Å²) < 4.78 is 0. The Morgan fingerprint density at radius 3 is 2.47 bits per heavy atom. The Morgan fingerprint density at radius 1 is 1.27 bits per heavy atom. The minimum absolute atomic E-state index is 0.130. The SMILES string of the molecule is CNC1C(=O)N(C)c2c(C)ccc(C)c21. The minimum Gasteiger partial charge on any atom is -0.313 e. The number of hydrogen-bond donors (Lipinski definition) is 1. The van der Waals surface area contributed by atoms with Gasteiger partial charge in [-0.2, -0.15) is 0 Å². The lowest BCUT2D eigenvalue weighted by Crippen LogP contribution is -2.30. The van der Waals surface area contributed by atoms with Crippen molar-refractivity contribution in [1.82, 2.24) is 5.32 Å². The fourth-order valence-electron chi connectivity index (χ4n) is 2.32. The predicted octanol–water partition coefficient (Wildman–Crippen LogP) is 1.54. The van der Waals surface area contributed by atoms with Gasteiger partial charge in [-0.1, -0.05) is 12.1 Å². The van der Waals surface area contributed by atoms with E-state index in [0.717, 1.165) is 16.8 Å². The molecular weight excluding hydrogens is 188 g/mol. The van der Waals surface area contributed by atoms with Gasteiger partial charge in [-0.25, -0.2) is 0 Å². The number of fused-ring (bicyclic) bond motifs is 1. The second-order valence-corrected chi connectivity index (χ2v) is 4.08.